The van der Waals surface area contributed by atoms with Gasteiger partial charge in [0.1, 0.15) is 18.8 Å². The molecule has 0 radical (unpaired) electrons. The minimum atomic E-state index is -0.439. The first-order valence-corrected chi connectivity index (χ1v) is 14.6. The highest BCUT2D eigenvalue weighted by Gasteiger charge is 2.51. The smallest absolute Gasteiger partial charge is 0.308 e. The number of carbonyl (C=O) groups is 2. The second-order valence-corrected chi connectivity index (χ2v) is 12.3. The fourth-order valence-corrected chi connectivity index (χ4v) is 5.64. The maximum absolute atomic E-state index is 12.0. The molecule has 4 heterocycles. The van der Waals surface area contributed by atoms with Gasteiger partial charge in [-0.15, -0.1) is 0 Å². The van der Waals surface area contributed by atoms with Crippen LogP contribution in [0.4, 0.5) is 0 Å². The molecule has 1 aromatic carbocycles. The quantitative estimate of drug-likeness (QED) is 0.342. The van der Waals surface area contributed by atoms with Crippen LogP contribution >= 0.6 is 11.6 Å². The maximum atomic E-state index is 12.0. The summed E-state index contributed by atoms with van der Waals surface area (Å²) in [5.41, 5.74) is 4.09. The van der Waals surface area contributed by atoms with Gasteiger partial charge in [0.25, 0.3) is 0 Å². The number of esters is 2. The van der Waals surface area contributed by atoms with Gasteiger partial charge in [-0.3, -0.25) is 9.59 Å². The molecule has 0 unspecified atom stereocenters. The molecule has 3 aliphatic rings. The first-order chi connectivity index (χ1) is 19.6. The molecule has 1 saturated carbocycles. The van der Waals surface area contributed by atoms with E-state index in [1.807, 2.05) is 38.1 Å². The van der Waals surface area contributed by atoms with Crippen LogP contribution in [0.3, 0.4) is 0 Å². The van der Waals surface area contributed by atoms with E-state index in [-0.39, 0.29) is 54.1 Å². The van der Waals surface area contributed by atoms with E-state index in [2.05, 4.69) is 17.1 Å². The molecule has 4 atom stereocenters. The molecule has 9 nitrogen and oxygen atoms in total. The Hall–Kier alpha value is -3.14. The van der Waals surface area contributed by atoms with Crippen molar-refractivity contribution in [3.05, 3.63) is 47.0 Å². The van der Waals surface area contributed by atoms with E-state index in [0.29, 0.717) is 35.3 Å². The number of ether oxygens (including phenoxy) is 5. The molecule has 0 bridgehead atoms. The minimum Gasteiger partial charge on any atom is -0.470 e. The van der Waals surface area contributed by atoms with Crippen LogP contribution in [0.5, 0.6) is 5.88 Å². The molecule has 10 heteroatoms. The number of H-pyrrole nitrogens is 1. The molecule has 2 aliphatic heterocycles. The van der Waals surface area contributed by atoms with E-state index >= 15 is 0 Å². The van der Waals surface area contributed by atoms with Gasteiger partial charge in [-0.2, -0.15) is 0 Å². The predicted octanol–water partition coefficient (Wildman–Crippen LogP) is 5.23. The summed E-state index contributed by atoms with van der Waals surface area (Å²) < 4.78 is 29.1. The van der Waals surface area contributed by atoms with Crippen LogP contribution in [0.2, 0.25) is 5.02 Å². The van der Waals surface area contributed by atoms with E-state index in [1.165, 1.54) is 0 Å². The molecule has 218 valence electrons. The van der Waals surface area contributed by atoms with Crippen molar-refractivity contribution in [3.8, 4) is 17.1 Å². The van der Waals surface area contributed by atoms with E-state index < -0.39 is 6.10 Å². The maximum Gasteiger partial charge on any atom is 0.308 e. The minimum absolute atomic E-state index is 0.0980. The normalized spacial score (nSPS) is 24.6. The van der Waals surface area contributed by atoms with Crippen molar-refractivity contribution in [2.75, 3.05) is 19.8 Å². The van der Waals surface area contributed by atoms with Crippen LogP contribution in [0.15, 0.2) is 36.4 Å². The molecule has 41 heavy (non-hydrogen) atoms. The highest BCUT2D eigenvalue weighted by molar-refractivity contribution is 6.33. The number of halogens is 1. The van der Waals surface area contributed by atoms with Crippen LogP contribution in [-0.4, -0.2) is 66.1 Å². The summed E-state index contributed by atoms with van der Waals surface area (Å²) in [4.78, 5) is 32.1. The number of aromatic nitrogens is 2. The molecule has 1 N–H and O–H groups in total. The zero-order valence-corrected chi connectivity index (χ0v) is 24.4. The SMILES string of the molecule is CC(C)C(=O)OCC1(c2ccc(-c3nc4cc(O[C@@H]5CO[C@@H]6[C@@H]5OC[C@H]6OC(=O)C(C)C)[nH]c4cc3Cl)cc2)CC1. The van der Waals surface area contributed by atoms with Gasteiger partial charge in [0.05, 0.1) is 46.8 Å². The summed E-state index contributed by atoms with van der Waals surface area (Å²) in [7, 11) is 0. The summed E-state index contributed by atoms with van der Waals surface area (Å²) in [5, 5.41) is 0.517. The van der Waals surface area contributed by atoms with Gasteiger partial charge in [0, 0.05) is 17.0 Å². The van der Waals surface area contributed by atoms with Gasteiger partial charge in [0.2, 0.25) is 0 Å². The van der Waals surface area contributed by atoms with Crippen molar-refractivity contribution < 1.29 is 33.3 Å². The van der Waals surface area contributed by atoms with Gasteiger partial charge in [-0.05, 0) is 24.5 Å². The Kier molecular flexibility index (Phi) is 7.46. The van der Waals surface area contributed by atoms with Crippen LogP contribution in [0.1, 0.15) is 46.1 Å². The number of hydrogen-bond donors (Lipinski definition) is 1. The molecule has 3 fully saturated rings. The molecule has 0 spiro atoms. The molecule has 0 amide bonds. The summed E-state index contributed by atoms with van der Waals surface area (Å²) in [5.74, 6) is -0.256. The van der Waals surface area contributed by atoms with E-state index in [9.17, 15) is 9.59 Å². The predicted molar refractivity (Wildman–Crippen MR) is 152 cm³/mol. The van der Waals surface area contributed by atoms with Crippen molar-refractivity contribution in [1.29, 1.82) is 0 Å². The Morgan fingerprint density at radius 2 is 1.66 bits per heavy atom. The zero-order chi connectivity index (χ0) is 28.9. The summed E-state index contributed by atoms with van der Waals surface area (Å²) in [6, 6.07) is 11.9. The Bertz CT molecular complexity index is 1450. The number of nitrogens with one attached hydrogen (secondary N) is 1. The highest BCUT2D eigenvalue weighted by Crippen LogP contribution is 2.49. The average molecular weight is 583 g/mol. The zero-order valence-electron chi connectivity index (χ0n) is 23.6. The first-order valence-electron chi connectivity index (χ1n) is 14.2. The molecule has 1 aliphatic carbocycles. The molecule has 2 aromatic heterocycles. The van der Waals surface area contributed by atoms with Crippen LogP contribution < -0.4 is 4.74 Å². The number of hydrogen-bond acceptors (Lipinski definition) is 8. The van der Waals surface area contributed by atoms with Gasteiger partial charge < -0.3 is 28.7 Å². The third kappa shape index (κ3) is 5.55. The third-order valence-electron chi connectivity index (χ3n) is 8.10. The molecule has 3 aromatic rings. The van der Waals surface area contributed by atoms with Crippen LogP contribution in [0.25, 0.3) is 22.3 Å². The Morgan fingerprint density at radius 3 is 2.32 bits per heavy atom. The van der Waals surface area contributed by atoms with Crippen LogP contribution in [0, 0.1) is 11.8 Å². The van der Waals surface area contributed by atoms with Crippen LogP contribution in [-0.2, 0) is 34.0 Å². The molecular weight excluding hydrogens is 548 g/mol. The fourth-order valence-electron chi connectivity index (χ4n) is 5.38. The Morgan fingerprint density at radius 1 is 1.00 bits per heavy atom. The summed E-state index contributed by atoms with van der Waals surface area (Å²) in [6.45, 7) is 8.29. The highest BCUT2D eigenvalue weighted by atomic mass is 35.5. The lowest BCUT2D eigenvalue weighted by atomic mass is 9.95. The largest absolute Gasteiger partial charge is 0.470 e. The van der Waals surface area contributed by atoms with Gasteiger partial charge in [-0.25, -0.2) is 4.98 Å². The second kappa shape index (κ2) is 10.9. The van der Waals surface area contributed by atoms with Gasteiger partial charge in [0.15, 0.2) is 18.1 Å². The number of carbonyl (C=O) groups excluding carboxylic acids is 2. The Balaban J connectivity index is 1.14. The van der Waals surface area contributed by atoms with Gasteiger partial charge >= 0.3 is 11.9 Å². The molecule has 6 rings (SSSR count). The van der Waals surface area contributed by atoms with Crippen molar-refractivity contribution in [2.24, 2.45) is 11.8 Å². The van der Waals surface area contributed by atoms with Crippen molar-refractivity contribution >= 4 is 34.6 Å². The topological polar surface area (TPSA) is 109 Å². The number of aromatic amines is 1. The standard InChI is InChI=1S/C31H35ClN2O7/c1-16(2)29(35)39-15-31(9-10-31)19-7-5-18(6-8-19)26-20(32)11-21-22(34-26)12-25(33-21)40-23-13-37-28-24(14-38-27(23)28)41-30(36)17(3)4/h5-8,11-12,16-17,23-24,27-28,33H,9-10,13-15H2,1-4H3/t23-,24-,27-,28+/m1/s1. The lowest BCUT2D eigenvalue weighted by molar-refractivity contribution is -0.157. The van der Waals surface area contributed by atoms with Crippen molar-refractivity contribution in [2.45, 2.75) is 70.4 Å². The first kappa shape index (κ1) is 28.0. The summed E-state index contributed by atoms with van der Waals surface area (Å²) in [6.07, 6.45) is 0.513. The summed E-state index contributed by atoms with van der Waals surface area (Å²) >= 11 is 6.66. The number of nitrogens with zero attached hydrogens (tertiary/aromatic N) is 1. The lowest BCUT2D eigenvalue weighted by Gasteiger charge is -2.18. The number of pyridine rings is 1. The lowest BCUT2D eigenvalue weighted by Crippen LogP contribution is -2.36. The van der Waals surface area contributed by atoms with E-state index in [1.54, 1.807) is 13.8 Å². The number of benzene rings is 1. The second-order valence-electron chi connectivity index (χ2n) is 11.9. The van der Waals surface area contributed by atoms with E-state index in [4.69, 9.17) is 40.3 Å². The number of fused-ring (bicyclic) bond motifs is 2. The van der Waals surface area contributed by atoms with E-state index in [0.717, 1.165) is 29.5 Å². The fraction of sp³-hybridized carbons (Fsp3) is 0.516. The van der Waals surface area contributed by atoms with Crippen molar-refractivity contribution in [1.82, 2.24) is 9.97 Å². The van der Waals surface area contributed by atoms with Crippen molar-refractivity contribution in [3.63, 3.8) is 0 Å². The molecular formula is C31H35ClN2O7. The Labute approximate surface area is 243 Å². The monoisotopic (exact) mass is 582 g/mol. The van der Waals surface area contributed by atoms with Gasteiger partial charge in [-0.1, -0.05) is 63.6 Å². The third-order valence-corrected chi connectivity index (χ3v) is 8.39. The number of rotatable bonds is 9. The average Bonchev–Trinajstić information content (AvgIpc) is 3.25. The molecule has 2 saturated heterocycles.